The molecule has 0 aliphatic rings. The lowest BCUT2D eigenvalue weighted by molar-refractivity contribution is -0.158. The van der Waals surface area contributed by atoms with Crippen molar-refractivity contribution in [3.8, 4) is 0 Å². The van der Waals surface area contributed by atoms with Gasteiger partial charge in [0, 0.05) is 17.0 Å². The Morgan fingerprint density at radius 1 is 1.24 bits per heavy atom. The molecule has 0 saturated heterocycles. The molecule has 1 aromatic carbocycles. The molecule has 0 saturated carbocycles. The Bertz CT molecular complexity index is 1050. The van der Waals surface area contributed by atoms with E-state index in [1.54, 1.807) is 5.32 Å². The molecule has 2 amide bonds. The van der Waals surface area contributed by atoms with Crippen LogP contribution in [0.1, 0.15) is 23.2 Å². The van der Waals surface area contributed by atoms with E-state index < -0.39 is 41.2 Å². The molecule has 0 bridgehead atoms. The van der Waals surface area contributed by atoms with Crippen molar-refractivity contribution in [2.24, 2.45) is 5.73 Å². The number of anilines is 1. The second-order valence-corrected chi connectivity index (χ2v) is 6.02. The molecule has 0 aliphatic heterocycles. The standard InChI is InChI=1S/C17H14F5N5O2/c1-7-10-2-8(18)3-11(19)14(10)29-13(7)15(17(20,21)22)27-16(28)26-9-5-24-12(4-23)25-6-9/h2-3,5-6,15H,4,23H2,1H3,(H2,26,27,28)/t15-/m0/s1. The van der Waals surface area contributed by atoms with Gasteiger partial charge >= 0.3 is 12.2 Å². The average Bonchev–Trinajstić information content (AvgIpc) is 2.96. The first-order valence-corrected chi connectivity index (χ1v) is 8.13. The highest BCUT2D eigenvalue weighted by molar-refractivity contribution is 5.89. The van der Waals surface area contributed by atoms with Crippen LogP contribution < -0.4 is 16.4 Å². The number of halogens is 5. The first-order valence-electron chi connectivity index (χ1n) is 8.13. The van der Waals surface area contributed by atoms with Crippen LogP contribution in [-0.2, 0) is 6.54 Å². The molecule has 12 heteroatoms. The van der Waals surface area contributed by atoms with Gasteiger partial charge in [-0.15, -0.1) is 0 Å². The van der Waals surface area contributed by atoms with Crippen LogP contribution in [0.15, 0.2) is 28.9 Å². The molecule has 3 aromatic rings. The molecule has 4 N–H and O–H groups in total. The highest BCUT2D eigenvalue weighted by Crippen LogP contribution is 2.39. The summed E-state index contributed by atoms with van der Waals surface area (Å²) in [5, 5.41) is 3.70. The maximum absolute atomic E-state index is 13.9. The summed E-state index contributed by atoms with van der Waals surface area (Å²) in [5.74, 6) is -2.62. The van der Waals surface area contributed by atoms with Crippen LogP contribution in [-0.4, -0.2) is 22.2 Å². The summed E-state index contributed by atoms with van der Waals surface area (Å²) in [6, 6.07) is -2.50. The lowest BCUT2D eigenvalue weighted by atomic mass is 10.1. The summed E-state index contributed by atoms with van der Waals surface area (Å²) in [5.41, 5.74) is 4.66. The number of nitrogens with one attached hydrogen (secondary N) is 2. The highest BCUT2D eigenvalue weighted by Gasteiger charge is 2.45. The van der Waals surface area contributed by atoms with Crippen LogP contribution in [0.4, 0.5) is 32.4 Å². The lowest BCUT2D eigenvalue weighted by Gasteiger charge is -2.20. The quantitative estimate of drug-likeness (QED) is 0.564. The minimum absolute atomic E-state index is 0.0232. The Kier molecular flexibility index (Phi) is 5.38. The van der Waals surface area contributed by atoms with Gasteiger partial charge in [0.05, 0.1) is 24.6 Å². The number of hydrogen-bond acceptors (Lipinski definition) is 5. The fourth-order valence-corrected chi connectivity index (χ4v) is 2.66. The van der Waals surface area contributed by atoms with Crippen molar-refractivity contribution < 1.29 is 31.2 Å². The molecule has 0 radical (unpaired) electrons. The fourth-order valence-electron chi connectivity index (χ4n) is 2.66. The van der Waals surface area contributed by atoms with Gasteiger partial charge in [0.1, 0.15) is 17.4 Å². The van der Waals surface area contributed by atoms with E-state index in [1.165, 1.54) is 19.3 Å². The van der Waals surface area contributed by atoms with Crippen molar-refractivity contribution in [3.05, 3.63) is 53.3 Å². The maximum Gasteiger partial charge on any atom is 0.416 e. The molecule has 29 heavy (non-hydrogen) atoms. The molecule has 2 aromatic heterocycles. The van der Waals surface area contributed by atoms with Crippen molar-refractivity contribution in [1.29, 1.82) is 0 Å². The zero-order valence-corrected chi connectivity index (χ0v) is 14.8. The van der Waals surface area contributed by atoms with Gasteiger partial charge in [0.25, 0.3) is 0 Å². The van der Waals surface area contributed by atoms with Crippen molar-refractivity contribution in [1.82, 2.24) is 15.3 Å². The van der Waals surface area contributed by atoms with Gasteiger partial charge in [-0.25, -0.2) is 23.5 Å². The van der Waals surface area contributed by atoms with E-state index in [0.717, 1.165) is 6.07 Å². The van der Waals surface area contributed by atoms with E-state index >= 15 is 0 Å². The van der Waals surface area contributed by atoms with E-state index in [9.17, 15) is 26.7 Å². The minimum atomic E-state index is -4.98. The molecule has 1 atom stereocenters. The van der Waals surface area contributed by atoms with Crippen molar-refractivity contribution >= 4 is 22.7 Å². The molecule has 0 spiro atoms. The average molecular weight is 415 g/mol. The molecular formula is C17H14F5N5O2. The third-order valence-electron chi connectivity index (χ3n) is 4.00. The Labute approximate surface area is 160 Å². The predicted molar refractivity (Wildman–Crippen MR) is 91.7 cm³/mol. The third kappa shape index (κ3) is 4.26. The topological polar surface area (TPSA) is 106 Å². The normalized spacial score (nSPS) is 12.8. The van der Waals surface area contributed by atoms with Gasteiger partial charge in [0.15, 0.2) is 17.4 Å². The van der Waals surface area contributed by atoms with Gasteiger partial charge in [-0.3, -0.25) is 0 Å². The molecule has 7 nitrogen and oxygen atoms in total. The monoisotopic (exact) mass is 415 g/mol. The van der Waals surface area contributed by atoms with Crippen LogP contribution in [0, 0.1) is 18.6 Å². The van der Waals surface area contributed by atoms with Crippen molar-refractivity contribution in [2.45, 2.75) is 25.7 Å². The molecule has 0 fully saturated rings. The summed E-state index contributed by atoms with van der Waals surface area (Å²) in [6.07, 6.45) is -2.64. The number of carbonyl (C=O) groups is 1. The molecule has 0 aliphatic carbocycles. The molecule has 3 rings (SSSR count). The zero-order chi connectivity index (χ0) is 21.3. The Morgan fingerprint density at radius 3 is 2.48 bits per heavy atom. The number of aromatic nitrogens is 2. The maximum atomic E-state index is 13.9. The second kappa shape index (κ2) is 7.62. The number of hydrogen-bond donors (Lipinski definition) is 3. The summed E-state index contributed by atoms with van der Waals surface area (Å²) < 4.78 is 73.1. The van der Waals surface area contributed by atoms with Gasteiger partial charge in [-0.2, -0.15) is 13.2 Å². The van der Waals surface area contributed by atoms with Crippen molar-refractivity contribution in [3.63, 3.8) is 0 Å². The lowest BCUT2D eigenvalue weighted by Crippen LogP contribution is -2.40. The molecule has 154 valence electrons. The van der Waals surface area contributed by atoms with Crippen LogP contribution in [0.3, 0.4) is 0 Å². The van der Waals surface area contributed by atoms with E-state index in [1.807, 2.05) is 0 Å². The van der Waals surface area contributed by atoms with Gasteiger partial charge < -0.3 is 20.8 Å². The smallest absolute Gasteiger partial charge is 0.416 e. The Balaban J connectivity index is 1.90. The number of nitrogens with zero attached hydrogens (tertiary/aromatic N) is 2. The van der Waals surface area contributed by atoms with Crippen LogP contribution >= 0.6 is 0 Å². The first kappa shape index (κ1) is 20.5. The largest absolute Gasteiger partial charge is 0.455 e. The van der Waals surface area contributed by atoms with E-state index in [0.29, 0.717) is 6.07 Å². The fraction of sp³-hybridized carbons (Fsp3) is 0.235. The van der Waals surface area contributed by atoms with E-state index in [2.05, 4.69) is 15.3 Å². The van der Waals surface area contributed by atoms with Gasteiger partial charge in [-0.1, -0.05) is 0 Å². The minimum Gasteiger partial charge on any atom is -0.455 e. The van der Waals surface area contributed by atoms with E-state index in [4.69, 9.17) is 10.2 Å². The number of furan rings is 1. The number of fused-ring (bicyclic) bond motifs is 1. The third-order valence-corrected chi connectivity index (χ3v) is 4.00. The number of rotatable bonds is 4. The second-order valence-electron chi connectivity index (χ2n) is 6.02. The van der Waals surface area contributed by atoms with Crippen LogP contribution in [0.2, 0.25) is 0 Å². The van der Waals surface area contributed by atoms with Gasteiger partial charge in [0.2, 0.25) is 0 Å². The molecule has 0 unspecified atom stereocenters. The molecular weight excluding hydrogens is 401 g/mol. The highest BCUT2D eigenvalue weighted by atomic mass is 19.4. The van der Waals surface area contributed by atoms with Crippen LogP contribution in [0.25, 0.3) is 11.0 Å². The van der Waals surface area contributed by atoms with Gasteiger partial charge in [-0.05, 0) is 13.0 Å². The van der Waals surface area contributed by atoms with Crippen molar-refractivity contribution in [2.75, 3.05) is 5.32 Å². The predicted octanol–water partition coefficient (Wildman–Crippen LogP) is 3.69. The van der Waals surface area contributed by atoms with Crippen LogP contribution in [0.5, 0.6) is 0 Å². The number of carbonyl (C=O) groups excluding carboxylic acids is 1. The number of amides is 2. The summed E-state index contributed by atoms with van der Waals surface area (Å²) in [6.45, 7) is 1.25. The summed E-state index contributed by atoms with van der Waals surface area (Å²) in [7, 11) is 0. The number of urea groups is 1. The zero-order valence-electron chi connectivity index (χ0n) is 14.8. The Hall–Kier alpha value is -3.28. The summed E-state index contributed by atoms with van der Waals surface area (Å²) >= 11 is 0. The van der Waals surface area contributed by atoms with E-state index in [-0.39, 0.29) is 29.0 Å². The number of alkyl halides is 3. The Morgan fingerprint density at radius 2 is 1.90 bits per heavy atom. The number of nitrogens with two attached hydrogens (primary N) is 1. The number of aryl methyl sites for hydroxylation is 1. The molecule has 2 heterocycles. The summed E-state index contributed by atoms with van der Waals surface area (Å²) in [4.78, 5) is 19.7. The first-order chi connectivity index (χ1) is 13.6. The SMILES string of the molecule is Cc1c([C@H](NC(=O)Nc2cnc(CN)nc2)C(F)(F)F)oc2c(F)cc(F)cc12. The number of benzene rings is 1.